The Morgan fingerprint density at radius 2 is 1.72 bits per heavy atom. The van der Waals surface area contributed by atoms with Crippen molar-refractivity contribution >= 4 is 17.7 Å². The van der Waals surface area contributed by atoms with Gasteiger partial charge in [-0.05, 0) is 37.5 Å². The second-order valence-electron chi connectivity index (χ2n) is 6.92. The molecule has 0 bridgehead atoms. The molecule has 3 amide bonds. The molecule has 3 atom stereocenters. The van der Waals surface area contributed by atoms with E-state index >= 15 is 0 Å². The Morgan fingerprint density at radius 3 is 2.28 bits per heavy atom. The van der Waals surface area contributed by atoms with Crippen molar-refractivity contribution < 1.29 is 18.8 Å². The number of benzene rings is 1. The Kier molecular flexibility index (Phi) is 5.16. The van der Waals surface area contributed by atoms with Crippen LogP contribution in [0.5, 0.6) is 0 Å². The van der Waals surface area contributed by atoms with Gasteiger partial charge in [0.25, 0.3) is 0 Å². The van der Waals surface area contributed by atoms with Crippen LogP contribution in [0.15, 0.2) is 24.3 Å². The van der Waals surface area contributed by atoms with Crippen LogP contribution in [-0.2, 0) is 14.4 Å². The van der Waals surface area contributed by atoms with Crippen LogP contribution in [0.25, 0.3) is 0 Å². The molecule has 0 unspecified atom stereocenters. The molecule has 1 saturated carbocycles. The van der Waals surface area contributed by atoms with E-state index in [0.29, 0.717) is 0 Å². The van der Waals surface area contributed by atoms with Crippen molar-refractivity contribution in [2.24, 2.45) is 11.8 Å². The zero-order valence-electron chi connectivity index (χ0n) is 14.3. The summed E-state index contributed by atoms with van der Waals surface area (Å²) in [4.78, 5) is 38.2. The fourth-order valence-corrected chi connectivity index (χ4v) is 3.81. The highest BCUT2D eigenvalue weighted by Crippen LogP contribution is 2.37. The molecule has 1 aliphatic heterocycles. The molecule has 0 aromatic heterocycles. The Morgan fingerprint density at radius 1 is 1.16 bits per heavy atom. The first-order valence-electron chi connectivity index (χ1n) is 8.87. The lowest BCUT2D eigenvalue weighted by Gasteiger charge is -2.19. The number of carbonyl (C=O) groups excluding carboxylic acids is 3. The van der Waals surface area contributed by atoms with E-state index in [2.05, 4.69) is 5.32 Å². The molecular formula is C19H23FN2O3. The van der Waals surface area contributed by atoms with Gasteiger partial charge in [-0.2, -0.15) is 0 Å². The van der Waals surface area contributed by atoms with E-state index in [4.69, 9.17) is 0 Å². The van der Waals surface area contributed by atoms with Crippen molar-refractivity contribution in [1.82, 2.24) is 10.2 Å². The van der Waals surface area contributed by atoms with E-state index in [-0.39, 0.29) is 54.4 Å². The van der Waals surface area contributed by atoms with Crippen molar-refractivity contribution in [3.63, 3.8) is 0 Å². The molecule has 6 heteroatoms. The summed E-state index contributed by atoms with van der Waals surface area (Å²) in [5.74, 6) is -1.14. The topological polar surface area (TPSA) is 66.5 Å². The Labute approximate surface area is 146 Å². The van der Waals surface area contributed by atoms with Crippen LogP contribution in [0.1, 0.15) is 50.6 Å². The molecule has 2 aliphatic rings. The number of rotatable bonds is 5. The SMILES string of the molecule is C[C@@H](NC(=O)CCN1C(=O)[C@H]2CCCC[C@H]2C1=O)c1ccc(F)cc1. The van der Waals surface area contributed by atoms with E-state index in [1.54, 1.807) is 12.1 Å². The molecule has 2 fully saturated rings. The average molecular weight is 346 g/mol. The summed E-state index contributed by atoms with van der Waals surface area (Å²) in [7, 11) is 0. The summed E-state index contributed by atoms with van der Waals surface area (Å²) in [5.41, 5.74) is 0.800. The van der Waals surface area contributed by atoms with Gasteiger partial charge in [-0.15, -0.1) is 0 Å². The highest BCUT2D eigenvalue weighted by atomic mass is 19.1. The maximum absolute atomic E-state index is 12.9. The van der Waals surface area contributed by atoms with Gasteiger partial charge < -0.3 is 5.32 Å². The molecule has 0 spiro atoms. The maximum Gasteiger partial charge on any atom is 0.233 e. The molecule has 25 heavy (non-hydrogen) atoms. The van der Waals surface area contributed by atoms with Crippen molar-refractivity contribution in [2.45, 2.75) is 45.1 Å². The van der Waals surface area contributed by atoms with Crippen molar-refractivity contribution in [2.75, 3.05) is 6.54 Å². The Balaban J connectivity index is 1.52. The number of hydrogen-bond donors (Lipinski definition) is 1. The smallest absolute Gasteiger partial charge is 0.233 e. The molecule has 134 valence electrons. The monoisotopic (exact) mass is 346 g/mol. The number of hydrogen-bond acceptors (Lipinski definition) is 3. The number of carbonyl (C=O) groups is 3. The van der Waals surface area contributed by atoms with Gasteiger partial charge in [0.05, 0.1) is 17.9 Å². The number of likely N-dealkylation sites (tertiary alicyclic amines) is 1. The van der Waals surface area contributed by atoms with Crippen LogP contribution < -0.4 is 5.32 Å². The van der Waals surface area contributed by atoms with Gasteiger partial charge in [-0.25, -0.2) is 4.39 Å². The van der Waals surface area contributed by atoms with E-state index in [1.165, 1.54) is 17.0 Å². The fourth-order valence-electron chi connectivity index (χ4n) is 3.81. The first kappa shape index (κ1) is 17.6. The highest BCUT2D eigenvalue weighted by Gasteiger charge is 2.47. The number of imide groups is 1. The van der Waals surface area contributed by atoms with Gasteiger partial charge in [-0.3, -0.25) is 19.3 Å². The van der Waals surface area contributed by atoms with Crippen LogP contribution in [0.2, 0.25) is 0 Å². The van der Waals surface area contributed by atoms with Gasteiger partial charge in [0.1, 0.15) is 5.82 Å². The minimum absolute atomic E-state index is 0.0858. The lowest BCUT2D eigenvalue weighted by atomic mass is 9.81. The van der Waals surface area contributed by atoms with Gasteiger partial charge in [0, 0.05) is 13.0 Å². The van der Waals surface area contributed by atoms with Crippen molar-refractivity contribution in [3.8, 4) is 0 Å². The molecule has 3 rings (SSSR count). The van der Waals surface area contributed by atoms with Crippen molar-refractivity contribution in [3.05, 3.63) is 35.6 Å². The predicted octanol–water partition coefficient (Wildman–Crippen LogP) is 2.57. The van der Waals surface area contributed by atoms with Gasteiger partial charge >= 0.3 is 0 Å². The molecule has 1 heterocycles. The predicted molar refractivity (Wildman–Crippen MR) is 89.7 cm³/mol. The molecule has 1 N–H and O–H groups in total. The number of nitrogens with one attached hydrogen (secondary N) is 1. The number of amides is 3. The number of nitrogens with zero attached hydrogens (tertiary/aromatic N) is 1. The summed E-state index contributed by atoms with van der Waals surface area (Å²) in [5, 5.41) is 2.82. The minimum atomic E-state index is -0.324. The van der Waals surface area contributed by atoms with Crippen molar-refractivity contribution in [1.29, 1.82) is 0 Å². The first-order chi connectivity index (χ1) is 12.0. The number of halogens is 1. The molecule has 1 aromatic carbocycles. The molecular weight excluding hydrogens is 323 g/mol. The molecule has 1 saturated heterocycles. The third-order valence-corrected chi connectivity index (χ3v) is 5.24. The zero-order chi connectivity index (χ0) is 18.0. The van der Waals surface area contributed by atoms with E-state index in [1.807, 2.05) is 6.92 Å². The van der Waals surface area contributed by atoms with Crippen LogP contribution in [0.3, 0.4) is 0 Å². The summed E-state index contributed by atoms with van der Waals surface area (Å²) in [6.45, 7) is 1.94. The lowest BCUT2D eigenvalue weighted by Crippen LogP contribution is -2.36. The average Bonchev–Trinajstić information content (AvgIpc) is 2.85. The third kappa shape index (κ3) is 3.72. The van der Waals surface area contributed by atoms with Crippen LogP contribution in [0, 0.1) is 17.7 Å². The number of fused-ring (bicyclic) bond motifs is 1. The standard InChI is InChI=1S/C19H23FN2O3/c1-12(13-6-8-14(20)9-7-13)21-17(23)10-11-22-18(24)15-4-2-3-5-16(15)19(22)25/h6-9,12,15-16H,2-5,10-11H2,1H3,(H,21,23)/t12-,15-,16+/m1/s1. The third-order valence-electron chi connectivity index (χ3n) is 5.24. The molecule has 1 aromatic rings. The second kappa shape index (κ2) is 7.33. The van der Waals surface area contributed by atoms with E-state index in [0.717, 1.165) is 31.2 Å². The summed E-state index contributed by atoms with van der Waals surface area (Å²) in [6.07, 6.45) is 3.62. The lowest BCUT2D eigenvalue weighted by molar-refractivity contribution is -0.140. The quantitative estimate of drug-likeness (QED) is 0.833. The Hall–Kier alpha value is -2.24. The van der Waals surface area contributed by atoms with E-state index in [9.17, 15) is 18.8 Å². The van der Waals surface area contributed by atoms with Gasteiger partial charge in [-0.1, -0.05) is 25.0 Å². The minimum Gasteiger partial charge on any atom is -0.350 e. The summed E-state index contributed by atoms with van der Waals surface area (Å²) < 4.78 is 12.9. The van der Waals surface area contributed by atoms with Crippen LogP contribution in [-0.4, -0.2) is 29.2 Å². The van der Waals surface area contributed by atoms with Gasteiger partial charge in [0.15, 0.2) is 0 Å². The molecule has 1 aliphatic carbocycles. The normalized spacial score (nSPS) is 24.2. The second-order valence-corrected chi connectivity index (χ2v) is 6.92. The fraction of sp³-hybridized carbons (Fsp3) is 0.526. The summed E-state index contributed by atoms with van der Waals surface area (Å²) in [6, 6.07) is 5.68. The molecule has 0 radical (unpaired) electrons. The largest absolute Gasteiger partial charge is 0.350 e. The van der Waals surface area contributed by atoms with Crippen LogP contribution >= 0.6 is 0 Å². The van der Waals surface area contributed by atoms with Gasteiger partial charge in [0.2, 0.25) is 17.7 Å². The maximum atomic E-state index is 12.9. The molecule has 5 nitrogen and oxygen atoms in total. The van der Waals surface area contributed by atoms with E-state index < -0.39 is 0 Å². The Bertz CT molecular complexity index is 650. The van der Waals surface area contributed by atoms with Crippen LogP contribution in [0.4, 0.5) is 4.39 Å². The zero-order valence-corrected chi connectivity index (χ0v) is 14.3. The first-order valence-corrected chi connectivity index (χ1v) is 8.87. The highest BCUT2D eigenvalue weighted by molar-refractivity contribution is 6.05. The summed E-state index contributed by atoms with van der Waals surface area (Å²) >= 11 is 0.